The maximum atomic E-state index is 5.42. The molecule has 0 aliphatic carbocycles. The zero-order valence-electron chi connectivity index (χ0n) is 10.1. The lowest BCUT2D eigenvalue weighted by Crippen LogP contribution is -2.45. The van der Waals surface area contributed by atoms with Gasteiger partial charge in [0.2, 0.25) is 0 Å². The molecule has 0 radical (unpaired) electrons. The molecular weight excluding hydrogens is 228 g/mol. The molecule has 1 aliphatic rings. The monoisotopic (exact) mass is 244 g/mol. The van der Waals surface area contributed by atoms with Crippen molar-refractivity contribution in [1.82, 2.24) is 15.3 Å². The molecular formula is C13H16N4O. The smallest absolute Gasteiger partial charge is 0.137 e. The molecule has 5 nitrogen and oxygen atoms in total. The zero-order chi connectivity index (χ0) is 12.2. The summed E-state index contributed by atoms with van der Waals surface area (Å²) in [6, 6.07) is 8.34. The van der Waals surface area contributed by atoms with E-state index in [0.29, 0.717) is 6.04 Å². The lowest BCUT2D eigenvalue weighted by molar-refractivity contribution is 0.0806. The minimum absolute atomic E-state index is 0.340. The van der Waals surface area contributed by atoms with Crippen molar-refractivity contribution in [1.29, 1.82) is 0 Å². The molecule has 0 spiro atoms. The van der Waals surface area contributed by atoms with E-state index in [2.05, 4.69) is 20.6 Å². The highest BCUT2D eigenvalue weighted by Crippen LogP contribution is 2.18. The Balaban J connectivity index is 1.74. The van der Waals surface area contributed by atoms with Gasteiger partial charge in [0.1, 0.15) is 12.1 Å². The normalized spacial score (nSPS) is 19.9. The molecule has 0 bridgehead atoms. The summed E-state index contributed by atoms with van der Waals surface area (Å²) in [4.78, 5) is 8.55. The van der Waals surface area contributed by atoms with Gasteiger partial charge in [-0.1, -0.05) is 12.1 Å². The molecule has 1 unspecified atom stereocenters. The van der Waals surface area contributed by atoms with E-state index in [1.807, 2.05) is 24.3 Å². The molecule has 94 valence electrons. The fourth-order valence-electron chi connectivity index (χ4n) is 2.12. The SMILES string of the molecule is c1ccc2c(NCC3COCCN3)ncnc2c1. The van der Waals surface area contributed by atoms with Crippen LogP contribution in [-0.4, -0.2) is 42.3 Å². The quantitative estimate of drug-likeness (QED) is 0.844. The molecule has 1 atom stereocenters. The van der Waals surface area contributed by atoms with Gasteiger partial charge in [-0.2, -0.15) is 0 Å². The van der Waals surface area contributed by atoms with E-state index < -0.39 is 0 Å². The van der Waals surface area contributed by atoms with Gasteiger partial charge in [-0.3, -0.25) is 0 Å². The van der Waals surface area contributed by atoms with Gasteiger partial charge in [-0.15, -0.1) is 0 Å². The first kappa shape index (κ1) is 11.4. The van der Waals surface area contributed by atoms with E-state index in [0.717, 1.165) is 43.0 Å². The Morgan fingerprint density at radius 1 is 1.33 bits per heavy atom. The van der Waals surface area contributed by atoms with E-state index in [1.54, 1.807) is 6.33 Å². The summed E-state index contributed by atoms with van der Waals surface area (Å²) in [5.74, 6) is 0.882. The van der Waals surface area contributed by atoms with Gasteiger partial charge in [-0.05, 0) is 12.1 Å². The minimum Gasteiger partial charge on any atom is -0.378 e. The van der Waals surface area contributed by atoms with Crippen molar-refractivity contribution < 1.29 is 4.74 Å². The van der Waals surface area contributed by atoms with Crippen molar-refractivity contribution in [2.45, 2.75) is 6.04 Å². The number of morpholine rings is 1. The first-order valence-corrected chi connectivity index (χ1v) is 6.18. The first-order valence-electron chi connectivity index (χ1n) is 6.18. The van der Waals surface area contributed by atoms with Crippen LogP contribution in [0.15, 0.2) is 30.6 Å². The number of anilines is 1. The maximum Gasteiger partial charge on any atom is 0.137 e. The molecule has 0 saturated carbocycles. The summed E-state index contributed by atoms with van der Waals surface area (Å²) < 4.78 is 5.42. The second kappa shape index (κ2) is 5.29. The third kappa shape index (κ3) is 2.42. The number of para-hydroxylation sites is 1. The molecule has 2 N–H and O–H groups in total. The third-order valence-corrected chi connectivity index (χ3v) is 3.06. The first-order chi connectivity index (χ1) is 8.93. The van der Waals surface area contributed by atoms with Crippen LogP contribution in [0, 0.1) is 0 Å². The van der Waals surface area contributed by atoms with Crippen LogP contribution in [0.4, 0.5) is 5.82 Å². The number of ether oxygens (including phenoxy) is 1. The molecule has 18 heavy (non-hydrogen) atoms. The van der Waals surface area contributed by atoms with Crippen molar-refractivity contribution in [3.05, 3.63) is 30.6 Å². The van der Waals surface area contributed by atoms with Gasteiger partial charge in [0.05, 0.1) is 18.7 Å². The molecule has 3 rings (SSSR count). The van der Waals surface area contributed by atoms with Crippen LogP contribution in [0.5, 0.6) is 0 Å². The average Bonchev–Trinajstić information content (AvgIpc) is 2.46. The molecule has 0 amide bonds. The number of benzene rings is 1. The highest BCUT2D eigenvalue weighted by molar-refractivity contribution is 5.88. The fourth-order valence-corrected chi connectivity index (χ4v) is 2.12. The molecule has 1 fully saturated rings. The van der Waals surface area contributed by atoms with Crippen molar-refractivity contribution in [2.24, 2.45) is 0 Å². The summed E-state index contributed by atoms with van der Waals surface area (Å²) in [5, 5.41) is 7.82. The maximum absolute atomic E-state index is 5.42. The van der Waals surface area contributed by atoms with Crippen LogP contribution >= 0.6 is 0 Å². The Kier molecular flexibility index (Phi) is 3.34. The number of rotatable bonds is 3. The lowest BCUT2D eigenvalue weighted by Gasteiger charge is -2.24. The molecule has 1 aliphatic heterocycles. The molecule has 1 aromatic heterocycles. The Bertz CT molecular complexity index is 520. The Labute approximate surface area is 106 Å². The van der Waals surface area contributed by atoms with E-state index in [1.165, 1.54) is 0 Å². The summed E-state index contributed by atoms with van der Waals surface area (Å²) in [6.45, 7) is 3.26. The number of nitrogens with one attached hydrogen (secondary N) is 2. The minimum atomic E-state index is 0.340. The predicted molar refractivity (Wildman–Crippen MR) is 70.6 cm³/mol. The van der Waals surface area contributed by atoms with Gasteiger partial charge in [-0.25, -0.2) is 9.97 Å². The van der Waals surface area contributed by atoms with Gasteiger partial charge in [0.25, 0.3) is 0 Å². The number of hydrogen-bond acceptors (Lipinski definition) is 5. The van der Waals surface area contributed by atoms with Gasteiger partial charge >= 0.3 is 0 Å². The Hall–Kier alpha value is -1.72. The highest BCUT2D eigenvalue weighted by atomic mass is 16.5. The molecule has 1 aromatic carbocycles. The van der Waals surface area contributed by atoms with E-state index in [-0.39, 0.29) is 0 Å². The largest absolute Gasteiger partial charge is 0.378 e. The number of nitrogens with zero attached hydrogens (tertiary/aromatic N) is 2. The van der Waals surface area contributed by atoms with Crippen LogP contribution < -0.4 is 10.6 Å². The van der Waals surface area contributed by atoms with Crippen LogP contribution in [0.2, 0.25) is 0 Å². The van der Waals surface area contributed by atoms with E-state index in [9.17, 15) is 0 Å². The Morgan fingerprint density at radius 2 is 2.28 bits per heavy atom. The number of hydrogen-bond donors (Lipinski definition) is 2. The highest BCUT2D eigenvalue weighted by Gasteiger charge is 2.13. The molecule has 2 heterocycles. The van der Waals surface area contributed by atoms with Crippen molar-refractivity contribution >= 4 is 16.7 Å². The van der Waals surface area contributed by atoms with Gasteiger partial charge in [0, 0.05) is 24.5 Å². The summed E-state index contributed by atoms with van der Waals surface area (Å²) in [6.07, 6.45) is 1.59. The van der Waals surface area contributed by atoms with Crippen molar-refractivity contribution in [2.75, 3.05) is 31.6 Å². The topological polar surface area (TPSA) is 59.1 Å². The average molecular weight is 244 g/mol. The fraction of sp³-hybridized carbons (Fsp3) is 0.385. The second-order valence-electron chi connectivity index (χ2n) is 4.35. The number of aromatic nitrogens is 2. The summed E-state index contributed by atoms with van der Waals surface area (Å²) >= 11 is 0. The lowest BCUT2D eigenvalue weighted by atomic mass is 10.2. The Morgan fingerprint density at radius 3 is 3.17 bits per heavy atom. The summed E-state index contributed by atoms with van der Waals surface area (Å²) in [5.41, 5.74) is 0.961. The van der Waals surface area contributed by atoms with Gasteiger partial charge in [0.15, 0.2) is 0 Å². The zero-order valence-corrected chi connectivity index (χ0v) is 10.1. The van der Waals surface area contributed by atoms with Crippen LogP contribution in [0.3, 0.4) is 0 Å². The molecule has 1 saturated heterocycles. The standard InChI is InChI=1S/C13H16N4O/c1-2-4-12-11(3-1)13(17-9-16-12)15-7-10-8-18-6-5-14-10/h1-4,9-10,14H,5-8H2,(H,15,16,17). The summed E-state index contributed by atoms with van der Waals surface area (Å²) in [7, 11) is 0. The van der Waals surface area contributed by atoms with Crippen LogP contribution in [0.1, 0.15) is 0 Å². The third-order valence-electron chi connectivity index (χ3n) is 3.06. The van der Waals surface area contributed by atoms with E-state index in [4.69, 9.17) is 4.74 Å². The number of fused-ring (bicyclic) bond motifs is 1. The predicted octanol–water partition coefficient (Wildman–Crippen LogP) is 1.03. The van der Waals surface area contributed by atoms with Crippen LogP contribution in [0.25, 0.3) is 10.9 Å². The van der Waals surface area contributed by atoms with Crippen LogP contribution in [-0.2, 0) is 4.74 Å². The van der Waals surface area contributed by atoms with Crippen molar-refractivity contribution in [3.8, 4) is 0 Å². The second-order valence-corrected chi connectivity index (χ2v) is 4.35. The molecule has 2 aromatic rings. The van der Waals surface area contributed by atoms with Crippen molar-refractivity contribution in [3.63, 3.8) is 0 Å². The van der Waals surface area contributed by atoms with E-state index >= 15 is 0 Å². The van der Waals surface area contributed by atoms with Gasteiger partial charge < -0.3 is 15.4 Å². The molecule has 5 heteroatoms.